The molecule has 2 unspecified atom stereocenters. The Bertz CT molecular complexity index is 786. The summed E-state index contributed by atoms with van der Waals surface area (Å²) in [6, 6.07) is 0. The number of methoxy groups -OCH3 is 1. The summed E-state index contributed by atoms with van der Waals surface area (Å²) in [5.41, 5.74) is 0. The molecule has 0 aromatic rings. The number of ether oxygens (including phenoxy) is 6. The topological polar surface area (TPSA) is 89.5 Å². The molecule has 0 N–H and O–H groups in total. The van der Waals surface area contributed by atoms with Crippen LogP contribution in [0, 0.1) is 17.8 Å². The van der Waals surface area contributed by atoms with Gasteiger partial charge in [-0.2, -0.15) is 0 Å². The quantitative estimate of drug-likeness (QED) is 0.0772. The first-order chi connectivity index (χ1) is 20.0. The standard InChI is InChI=1S/C33H54O8/c1-4-5-14-25(2)28(40-32-17-10-12-21-37-32)20-19-27-26(15-8-6-7-9-16-31(35)36-3)29(39-24-34)23-30(27)41-33-18-11-13-22-38-33/h6,8,19-20,24-30,32-33H,4-5,7,9-18,21-23H2,1-3H3/t25-,26-,27-,28-,29-,30-,32?,33?/m1/s1. The third-order valence-electron chi connectivity index (χ3n) is 8.66. The van der Waals surface area contributed by atoms with E-state index in [0.717, 1.165) is 90.3 Å². The fourth-order valence-corrected chi connectivity index (χ4v) is 6.18. The zero-order chi connectivity index (χ0) is 29.3. The van der Waals surface area contributed by atoms with Crippen molar-refractivity contribution in [1.82, 2.24) is 0 Å². The summed E-state index contributed by atoms with van der Waals surface area (Å²) < 4.78 is 35.3. The van der Waals surface area contributed by atoms with Gasteiger partial charge in [-0.1, -0.05) is 51.0 Å². The first-order valence-electron chi connectivity index (χ1n) is 16.1. The van der Waals surface area contributed by atoms with E-state index in [4.69, 9.17) is 28.4 Å². The zero-order valence-electron chi connectivity index (χ0n) is 25.6. The molecule has 2 heterocycles. The number of carbonyl (C=O) groups excluding carboxylic acids is 2. The lowest BCUT2D eigenvalue weighted by molar-refractivity contribution is -0.193. The van der Waals surface area contributed by atoms with Gasteiger partial charge < -0.3 is 28.4 Å². The summed E-state index contributed by atoms with van der Waals surface area (Å²) >= 11 is 0. The van der Waals surface area contributed by atoms with Crippen molar-refractivity contribution in [1.29, 1.82) is 0 Å². The summed E-state index contributed by atoms with van der Waals surface area (Å²) in [5, 5.41) is 0. The minimum atomic E-state index is -0.242. The summed E-state index contributed by atoms with van der Waals surface area (Å²) in [7, 11) is 1.41. The van der Waals surface area contributed by atoms with Crippen LogP contribution in [0.15, 0.2) is 24.3 Å². The third kappa shape index (κ3) is 11.8. The normalized spacial score (nSPS) is 30.4. The molecular weight excluding hydrogens is 524 g/mol. The Labute approximate surface area is 247 Å². The maximum absolute atomic E-state index is 11.5. The number of allylic oxidation sites excluding steroid dienone is 2. The SMILES string of the molecule is CCCC[C@@H](C)[C@@H](C=C[C@@H]1[C@@H](CC=CCCCC(=O)OC)[C@H](OC=O)C[C@H]1OC1CCCCO1)OC1CCCCO1. The Balaban J connectivity index is 1.76. The zero-order valence-corrected chi connectivity index (χ0v) is 25.6. The van der Waals surface area contributed by atoms with Crippen LogP contribution in [0.2, 0.25) is 0 Å². The van der Waals surface area contributed by atoms with Gasteiger partial charge in [0, 0.05) is 37.9 Å². The van der Waals surface area contributed by atoms with Crippen LogP contribution < -0.4 is 0 Å². The van der Waals surface area contributed by atoms with Crippen molar-refractivity contribution in [3.8, 4) is 0 Å². The third-order valence-corrected chi connectivity index (χ3v) is 8.66. The monoisotopic (exact) mass is 578 g/mol. The van der Waals surface area contributed by atoms with Crippen LogP contribution in [0.1, 0.15) is 104 Å². The van der Waals surface area contributed by atoms with Crippen molar-refractivity contribution in [3.05, 3.63) is 24.3 Å². The smallest absolute Gasteiger partial charge is 0.305 e. The van der Waals surface area contributed by atoms with Crippen molar-refractivity contribution >= 4 is 12.4 Å². The lowest BCUT2D eigenvalue weighted by Crippen LogP contribution is -2.32. The van der Waals surface area contributed by atoms with Crippen LogP contribution >= 0.6 is 0 Å². The highest BCUT2D eigenvalue weighted by Gasteiger charge is 2.44. The minimum Gasteiger partial charge on any atom is -0.469 e. The van der Waals surface area contributed by atoms with Gasteiger partial charge in [-0.05, 0) is 70.1 Å². The highest BCUT2D eigenvalue weighted by Crippen LogP contribution is 2.41. The first-order valence-corrected chi connectivity index (χ1v) is 16.1. The van der Waals surface area contributed by atoms with E-state index in [2.05, 4.69) is 38.2 Å². The van der Waals surface area contributed by atoms with Crippen LogP contribution in [0.5, 0.6) is 0 Å². The Morgan fingerprint density at radius 1 is 1.00 bits per heavy atom. The molecule has 0 amide bonds. The van der Waals surface area contributed by atoms with Crippen molar-refractivity contribution < 1.29 is 38.0 Å². The number of rotatable bonds is 18. The Hall–Kier alpha value is -1.74. The molecule has 0 aromatic heterocycles. The Morgan fingerprint density at radius 2 is 1.76 bits per heavy atom. The van der Waals surface area contributed by atoms with Crippen LogP contribution in [-0.4, -0.2) is 63.7 Å². The minimum absolute atomic E-state index is 0.0435. The molecule has 0 bridgehead atoms. The van der Waals surface area contributed by atoms with Gasteiger partial charge >= 0.3 is 5.97 Å². The number of hydrogen-bond acceptors (Lipinski definition) is 8. The van der Waals surface area contributed by atoms with Gasteiger partial charge in [0.15, 0.2) is 12.6 Å². The van der Waals surface area contributed by atoms with Crippen LogP contribution in [0.4, 0.5) is 0 Å². The van der Waals surface area contributed by atoms with Crippen molar-refractivity contribution in [2.45, 2.75) is 135 Å². The largest absolute Gasteiger partial charge is 0.469 e. The molecule has 2 aliphatic heterocycles. The van der Waals surface area contributed by atoms with Crippen LogP contribution in [0.3, 0.4) is 0 Å². The second-order valence-electron chi connectivity index (χ2n) is 11.8. The summed E-state index contributed by atoms with van der Waals surface area (Å²) in [6.45, 7) is 6.52. The maximum atomic E-state index is 11.5. The van der Waals surface area contributed by atoms with Gasteiger partial charge in [0.25, 0.3) is 6.47 Å². The van der Waals surface area contributed by atoms with Gasteiger partial charge in [0.2, 0.25) is 0 Å². The number of unbranched alkanes of at least 4 members (excludes halogenated alkanes) is 2. The molecular formula is C33H54O8. The average molecular weight is 579 g/mol. The molecule has 3 fully saturated rings. The molecule has 3 aliphatic rings. The van der Waals surface area contributed by atoms with Crippen molar-refractivity contribution in [3.63, 3.8) is 0 Å². The molecule has 0 radical (unpaired) electrons. The van der Waals surface area contributed by atoms with Gasteiger partial charge in [-0.15, -0.1) is 0 Å². The Morgan fingerprint density at radius 3 is 2.41 bits per heavy atom. The van der Waals surface area contributed by atoms with Crippen molar-refractivity contribution in [2.24, 2.45) is 17.8 Å². The fourth-order valence-electron chi connectivity index (χ4n) is 6.18. The molecule has 3 rings (SSSR count). The molecule has 8 heteroatoms. The molecule has 0 aromatic carbocycles. The first kappa shape index (κ1) is 33.8. The fraction of sp³-hybridized carbons (Fsp3) is 0.818. The van der Waals surface area contributed by atoms with Gasteiger partial charge in [-0.3, -0.25) is 9.59 Å². The predicted octanol–water partition coefficient (Wildman–Crippen LogP) is 6.66. The summed E-state index contributed by atoms with van der Waals surface area (Å²) in [4.78, 5) is 22.9. The molecule has 2 saturated heterocycles. The molecule has 1 aliphatic carbocycles. The van der Waals surface area contributed by atoms with Gasteiger partial charge in [0.1, 0.15) is 6.10 Å². The van der Waals surface area contributed by atoms with E-state index in [1.165, 1.54) is 7.11 Å². The lowest BCUT2D eigenvalue weighted by Gasteiger charge is -2.31. The highest BCUT2D eigenvalue weighted by molar-refractivity contribution is 5.69. The van der Waals surface area contributed by atoms with E-state index in [0.29, 0.717) is 25.2 Å². The summed E-state index contributed by atoms with van der Waals surface area (Å²) in [5.74, 6) is 0.281. The maximum Gasteiger partial charge on any atom is 0.305 e. The van der Waals surface area contributed by atoms with E-state index in [1.807, 2.05) is 0 Å². The number of esters is 1. The van der Waals surface area contributed by atoms with Crippen molar-refractivity contribution in [2.75, 3.05) is 20.3 Å². The molecule has 0 spiro atoms. The second kappa shape index (κ2) is 19.4. The molecule has 41 heavy (non-hydrogen) atoms. The average Bonchev–Trinajstić information content (AvgIpc) is 3.31. The molecule has 8 nitrogen and oxygen atoms in total. The van der Waals surface area contributed by atoms with Gasteiger partial charge in [-0.25, -0.2) is 0 Å². The molecule has 1 saturated carbocycles. The molecule has 8 atom stereocenters. The van der Waals surface area contributed by atoms with E-state index in [9.17, 15) is 9.59 Å². The Kier molecular flexibility index (Phi) is 16.0. The van der Waals surface area contributed by atoms with E-state index in [-0.39, 0.29) is 48.7 Å². The van der Waals surface area contributed by atoms with Crippen LogP contribution in [0.25, 0.3) is 0 Å². The molecule has 234 valence electrons. The van der Waals surface area contributed by atoms with Crippen LogP contribution in [-0.2, 0) is 38.0 Å². The lowest BCUT2D eigenvalue weighted by atomic mass is 9.88. The van der Waals surface area contributed by atoms with E-state index in [1.54, 1.807) is 0 Å². The van der Waals surface area contributed by atoms with E-state index >= 15 is 0 Å². The van der Waals surface area contributed by atoms with Gasteiger partial charge in [0.05, 0.1) is 19.3 Å². The predicted molar refractivity (Wildman–Crippen MR) is 157 cm³/mol. The van der Waals surface area contributed by atoms with E-state index < -0.39 is 0 Å². The number of carbonyl (C=O) groups is 2. The number of hydrogen-bond donors (Lipinski definition) is 0. The summed E-state index contributed by atoms with van der Waals surface area (Å²) in [6.07, 6.45) is 20.9. The second-order valence-corrected chi connectivity index (χ2v) is 11.8. The highest BCUT2D eigenvalue weighted by atomic mass is 16.7.